The fraction of sp³-hybridized carbons (Fsp3) is 0.292. The monoisotopic (exact) mass is 420 g/mol. The van der Waals surface area contributed by atoms with Crippen LogP contribution in [0.15, 0.2) is 48.5 Å². The van der Waals surface area contributed by atoms with E-state index in [1.54, 1.807) is 24.3 Å². The Balaban J connectivity index is 1.91. The lowest BCUT2D eigenvalue weighted by Gasteiger charge is -2.23. The zero-order chi connectivity index (χ0) is 22.5. The molecule has 0 aliphatic rings. The lowest BCUT2D eigenvalue weighted by molar-refractivity contribution is 0.0696. The van der Waals surface area contributed by atoms with Crippen LogP contribution in [0.4, 0.5) is 11.4 Å². The van der Waals surface area contributed by atoms with Crippen molar-refractivity contribution in [2.24, 2.45) is 0 Å². The molecule has 7 heteroatoms. The van der Waals surface area contributed by atoms with Gasteiger partial charge in [0.2, 0.25) is 0 Å². The van der Waals surface area contributed by atoms with Crippen molar-refractivity contribution in [2.45, 2.75) is 40.3 Å². The third kappa shape index (κ3) is 5.31. The molecular formula is C24H28N4O3. The first kappa shape index (κ1) is 22.1. The molecule has 0 bridgehead atoms. The minimum Gasteiger partial charge on any atom is -0.478 e. The topological polar surface area (TPSA) is 87.5 Å². The molecule has 0 spiro atoms. The van der Waals surface area contributed by atoms with E-state index in [4.69, 9.17) is 0 Å². The fourth-order valence-electron chi connectivity index (χ4n) is 3.46. The van der Waals surface area contributed by atoms with Crippen LogP contribution in [0.2, 0.25) is 0 Å². The van der Waals surface area contributed by atoms with E-state index in [1.807, 2.05) is 48.7 Å². The maximum absolute atomic E-state index is 12.8. The van der Waals surface area contributed by atoms with Gasteiger partial charge in [0.1, 0.15) is 0 Å². The zero-order valence-electron chi connectivity index (χ0n) is 18.3. The molecule has 1 aromatic heterocycles. The van der Waals surface area contributed by atoms with Crippen LogP contribution < -0.4 is 10.2 Å². The van der Waals surface area contributed by atoms with Gasteiger partial charge >= 0.3 is 5.97 Å². The molecule has 0 saturated carbocycles. The summed E-state index contributed by atoms with van der Waals surface area (Å²) in [5.74, 6) is -1.33. The standard InChI is InChI=1S/C24H28N4O3/c1-5-12-28-20(13-17(3)26-28)15-27(4)22-11-10-19(24(30)31)14-21(22)25-23(29)18-8-6-16(2)7-9-18/h6-11,13-14H,5,12,15H2,1-4H3,(H,25,29)(H,30,31). The number of carbonyl (C=O) groups excluding carboxylic acids is 1. The van der Waals surface area contributed by atoms with Gasteiger partial charge in [-0.2, -0.15) is 5.10 Å². The number of hydrogen-bond acceptors (Lipinski definition) is 4. The van der Waals surface area contributed by atoms with E-state index in [1.165, 1.54) is 6.07 Å². The number of nitrogens with zero attached hydrogens (tertiary/aromatic N) is 3. The van der Waals surface area contributed by atoms with E-state index < -0.39 is 5.97 Å². The highest BCUT2D eigenvalue weighted by Gasteiger charge is 2.17. The molecule has 0 unspecified atom stereocenters. The van der Waals surface area contributed by atoms with Gasteiger partial charge in [0.15, 0.2) is 0 Å². The predicted molar refractivity (Wildman–Crippen MR) is 122 cm³/mol. The van der Waals surface area contributed by atoms with Crippen molar-refractivity contribution in [1.29, 1.82) is 0 Å². The van der Waals surface area contributed by atoms with Crippen molar-refractivity contribution in [3.8, 4) is 0 Å². The smallest absolute Gasteiger partial charge is 0.335 e. The molecule has 2 aromatic carbocycles. The molecule has 1 heterocycles. The number of aromatic carboxylic acids is 1. The number of anilines is 2. The summed E-state index contributed by atoms with van der Waals surface area (Å²) in [5, 5.41) is 16.8. The summed E-state index contributed by atoms with van der Waals surface area (Å²) in [6.45, 7) is 7.42. The largest absolute Gasteiger partial charge is 0.478 e. The van der Waals surface area contributed by atoms with E-state index in [0.29, 0.717) is 17.8 Å². The molecule has 0 aliphatic heterocycles. The first-order valence-electron chi connectivity index (χ1n) is 10.3. The number of aryl methyl sites for hydroxylation is 3. The molecular weight excluding hydrogens is 392 g/mol. The second kappa shape index (κ2) is 9.47. The van der Waals surface area contributed by atoms with Gasteiger partial charge in [-0.3, -0.25) is 9.48 Å². The van der Waals surface area contributed by atoms with Gasteiger partial charge in [-0.05, 0) is 56.7 Å². The highest BCUT2D eigenvalue weighted by Crippen LogP contribution is 2.28. The first-order chi connectivity index (χ1) is 14.8. The Hall–Kier alpha value is -3.61. The van der Waals surface area contributed by atoms with Crippen LogP contribution in [-0.2, 0) is 13.1 Å². The van der Waals surface area contributed by atoms with Crippen LogP contribution in [0.3, 0.4) is 0 Å². The fourth-order valence-corrected chi connectivity index (χ4v) is 3.46. The number of aromatic nitrogens is 2. The van der Waals surface area contributed by atoms with Gasteiger partial charge < -0.3 is 15.3 Å². The number of hydrogen-bond donors (Lipinski definition) is 2. The molecule has 162 valence electrons. The van der Waals surface area contributed by atoms with Crippen molar-refractivity contribution >= 4 is 23.3 Å². The highest BCUT2D eigenvalue weighted by atomic mass is 16.4. The molecule has 0 fully saturated rings. The average molecular weight is 421 g/mol. The van der Waals surface area contributed by atoms with Crippen molar-refractivity contribution < 1.29 is 14.7 Å². The number of nitrogens with one attached hydrogen (secondary N) is 1. The summed E-state index contributed by atoms with van der Waals surface area (Å²) in [7, 11) is 1.91. The van der Waals surface area contributed by atoms with Crippen LogP contribution in [-0.4, -0.2) is 33.8 Å². The van der Waals surface area contributed by atoms with Crippen LogP contribution in [0.25, 0.3) is 0 Å². The van der Waals surface area contributed by atoms with Gasteiger partial charge in [-0.25, -0.2) is 4.79 Å². The normalized spacial score (nSPS) is 10.7. The highest BCUT2D eigenvalue weighted by molar-refractivity contribution is 6.06. The third-order valence-corrected chi connectivity index (χ3v) is 5.04. The SMILES string of the molecule is CCCn1nc(C)cc1CN(C)c1ccc(C(=O)O)cc1NC(=O)c1ccc(C)cc1. The number of carboxylic acids is 1. The quantitative estimate of drug-likeness (QED) is 0.560. The maximum Gasteiger partial charge on any atom is 0.335 e. The number of rotatable bonds is 8. The lowest BCUT2D eigenvalue weighted by Crippen LogP contribution is -2.22. The number of carboxylic acid groups (broad SMARTS) is 1. The summed E-state index contributed by atoms with van der Waals surface area (Å²) in [6, 6.07) is 14.0. The second-order valence-electron chi connectivity index (χ2n) is 7.71. The summed E-state index contributed by atoms with van der Waals surface area (Å²) < 4.78 is 1.99. The van der Waals surface area contributed by atoms with E-state index in [-0.39, 0.29) is 11.5 Å². The van der Waals surface area contributed by atoms with Gasteiger partial charge in [0.05, 0.1) is 34.9 Å². The molecule has 7 nitrogen and oxygen atoms in total. The molecule has 0 radical (unpaired) electrons. The Morgan fingerprint density at radius 2 is 1.74 bits per heavy atom. The Morgan fingerprint density at radius 3 is 2.39 bits per heavy atom. The van der Waals surface area contributed by atoms with Crippen molar-refractivity contribution in [2.75, 3.05) is 17.3 Å². The van der Waals surface area contributed by atoms with Crippen LogP contribution in [0.5, 0.6) is 0 Å². The minimum absolute atomic E-state index is 0.114. The number of amides is 1. The Kier molecular flexibility index (Phi) is 6.74. The lowest BCUT2D eigenvalue weighted by atomic mass is 10.1. The van der Waals surface area contributed by atoms with Gasteiger partial charge in [-0.1, -0.05) is 24.6 Å². The molecule has 0 aliphatic carbocycles. The number of benzene rings is 2. The second-order valence-corrected chi connectivity index (χ2v) is 7.71. The van der Waals surface area contributed by atoms with Crippen LogP contribution in [0.1, 0.15) is 51.0 Å². The van der Waals surface area contributed by atoms with Crippen molar-refractivity contribution in [3.63, 3.8) is 0 Å². The number of carbonyl (C=O) groups is 2. The minimum atomic E-state index is -1.04. The molecule has 0 saturated heterocycles. The summed E-state index contributed by atoms with van der Waals surface area (Å²) in [5.41, 5.74) is 4.87. The maximum atomic E-state index is 12.8. The van der Waals surface area contributed by atoms with E-state index in [2.05, 4.69) is 17.3 Å². The molecule has 0 atom stereocenters. The first-order valence-corrected chi connectivity index (χ1v) is 10.3. The Morgan fingerprint density at radius 1 is 1.06 bits per heavy atom. The van der Waals surface area contributed by atoms with Crippen molar-refractivity contribution in [1.82, 2.24) is 9.78 Å². The molecule has 3 aromatic rings. The molecule has 31 heavy (non-hydrogen) atoms. The van der Waals surface area contributed by atoms with Crippen molar-refractivity contribution in [3.05, 3.63) is 76.6 Å². The van der Waals surface area contributed by atoms with Crippen LogP contribution >= 0.6 is 0 Å². The van der Waals surface area contributed by atoms with E-state index >= 15 is 0 Å². The molecule has 1 amide bonds. The summed E-state index contributed by atoms with van der Waals surface area (Å²) in [4.78, 5) is 26.3. The average Bonchev–Trinajstić information content (AvgIpc) is 3.07. The predicted octanol–water partition coefficient (Wildman–Crippen LogP) is 4.50. The van der Waals surface area contributed by atoms with Gasteiger partial charge in [0, 0.05) is 19.2 Å². The molecule has 2 N–H and O–H groups in total. The van der Waals surface area contributed by atoms with Crippen LogP contribution in [0, 0.1) is 13.8 Å². The molecule has 3 rings (SSSR count). The summed E-state index contributed by atoms with van der Waals surface area (Å²) >= 11 is 0. The van der Waals surface area contributed by atoms with E-state index in [0.717, 1.165) is 35.6 Å². The van der Waals surface area contributed by atoms with Gasteiger partial charge in [0.25, 0.3) is 5.91 Å². The van der Waals surface area contributed by atoms with Gasteiger partial charge in [-0.15, -0.1) is 0 Å². The third-order valence-electron chi connectivity index (χ3n) is 5.04. The van der Waals surface area contributed by atoms with E-state index in [9.17, 15) is 14.7 Å². The Bertz CT molecular complexity index is 1090. The zero-order valence-corrected chi connectivity index (χ0v) is 18.3. The Labute approximate surface area is 182 Å². The summed E-state index contributed by atoms with van der Waals surface area (Å²) in [6.07, 6.45) is 0.975.